The van der Waals surface area contributed by atoms with Crippen molar-refractivity contribution in [3.8, 4) is 11.1 Å². The van der Waals surface area contributed by atoms with E-state index in [0.29, 0.717) is 0 Å². The molecule has 0 aromatic heterocycles. The van der Waals surface area contributed by atoms with Crippen LogP contribution < -0.4 is 9.80 Å². The molecule has 3 aromatic rings. The third-order valence-corrected chi connectivity index (χ3v) is 5.07. The topological polar surface area (TPSA) is 6.48 Å². The van der Waals surface area contributed by atoms with Crippen molar-refractivity contribution in [2.24, 2.45) is 0 Å². The number of para-hydroxylation sites is 1. The lowest BCUT2D eigenvalue weighted by Gasteiger charge is -2.24. The molecule has 2 heteroatoms. The van der Waals surface area contributed by atoms with Gasteiger partial charge in [-0.05, 0) is 72.0 Å². The average Bonchev–Trinajstić information content (AvgIpc) is 3.00. The minimum absolute atomic E-state index is 0.954. The summed E-state index contributed by atoms with van der Waals surface area (Å²) in [7, 11) is 4.20. The first-order chi connectivity index (χ1) is 12.2. The summed E-state index contributed by atoms with van der Waals surface area (Å²) in [6.45, 7) is 3.16. The molecule has 25 heavy (non-hydrogen) atoms. The maximum atomic E-state index is 2.37. The zero-order valence-electron chi connectivity index (χ0n) is 15.2. The lowest BCUT2D eigenvalue weighted by Crippen LogP contribution is -2.15. The molecule has 4 rings (SSSR count). The minimum Gasteiger partial charge on any atom is -0.378 e. The van der Waals surface area contributed by atoms with Crippen LogP contribution in [-0.4, -0.2) is 20.6 Å². The molecule has 0 saturated carbocycles. The Bertz CT molecular complexity index is 897. The van der Waals surface area contributed by atoms with Gasteiger partial charge < -0.3 is 9.80 Å². The second-order valence-corrected chi connectivity index (χ2v) is 6.83. The maximum Gasteiger partial charge on any atom is 0.0417 e. The molecule has 0 fully saturated rings. The van der Waals surface area contributed by atoms with E-state index in [1.165, 1.54) is 39.3 Å². The molecule has 0 atom stereocenters. The van der Waals surface area contributed by atoms with Crippen LogP contribution in [-0.2, 0) is 6.42 Å². The number of anilines is 3. The Labute approximate surface area is 150 Å². The first-order valence-corrected chi connectivity index (χ1v) is 8.93. The van der Waals surface area contributed by atoms with E-state index in [0.717, 1.165) is 13.0 Å². The maximum absolute atomic E-state index is 2.37. The van der Waals surface area contributed by atoms with Gasteiger partial charge in [-0.2, -0.15) is 0 Å². The SMILES string of the molecule is CCN(c1ccccc1)c1ccc2c(c1)-c1ccc(N(C)C)cc1C2. The van der Waals surface area contributed by atoms with Gasteiger partial charge in [-0.25, -0.2) is 0 Å². The van der Waals surface area contributed by atoms with E-state index in [1.807, 2.05) is 0 Å². The Balaban J connectivity index is 1.75. The number of rotatable bonds is 4. The van der Waals surface area contributed by atoms with E-state index in [4.69, 9.17) is 0 Å². The Morgan fingerprint density at radius 2 is 1.48 bits per heavy atom. The summed E-state index contributed by atoms with van der Waals surface area (Å²) in [5, 5.41) is 0. The van der Waals surface area contributed by atoms with E-state index in [2.05, 4.69) is 97.5 Å². The van der Waals surface area contributed by atoms with Crippen LogP contribution in [0.4, 0.5) is 17.1 Å². The average molecular weight is 328 g/mol. The zero-order valence-corrected chi connectivity index (χ0v) is 15.2. The van der Waals surface area contributed by atoms with Crippen LogP contribution >= 0.6 is 0 Å². The number of nitrogens with zero attached hydrogens (tertiary/aromatic N) is 2. The Kier molecular flexibility index (Phi) is 3.96. The summed E-state index contributed by atoms with van der Waals surface area (Å²) >= 11 is 0. The van der Waals surface area contributed by atoms with E-state index in [9.17, 15) is 0 Å². The highest BCUT2D eigenvalue weighted by Gasteiger charge is 2.20. The highest BCUT2D eigenvalue weighted by Crippen LogP contribution is 2.41. The number of fused-ring (bicyclic) bond motifs is 3. The highest BCUT2D eigenvalue weighted by molar-refractivity contribution is 5.82. The van der Waals surface area contributed by atoms with Gasteiger partial charge in [-0.1, -0.05) is 30.3 Å². The van der Waals surface area contributed by atoms with Crippen molar-refractivity contribution in [2.45, 2.75) is 13.3 Å². The molecular weight excluding hydrogens is 304 g/mol. The molecule has 126 valence electrons. The van der Waals surface area contributed by atoms with Crippen molar-refractivity contribution >= 4 is 17.1 Å². The quantitative estimate of drug-likeness (QED) is 0.489. The van der Waals surface area contributed by atoms with Crippen molar-refractivity contribution in [1.82, 2.24) is 0 Å². The van der Waals surface area contributed by atoms with E-state index in [1.54, 1.807) is 0 Å². The summed E-state index contributed by atoms with van der Waals surface area (Å²) in [5.41, 5.74) is 9.40. The van der Waals surface area contributed by atoms with Crippen LogP contribution in [0.15, 0.2) is 66.7 Å². The van der Waals surface area contributed by atoms with Crippen LogP contribution in [0.5, 0.6) is 0 Å². The van der Waals surface area contributed by atoms with Gasteiger partial charge in [0.15, 0.2) is 0 Å². The Hall–Kier alpha value is -2.74. The molecule has 0 bridgehead atoms. The van der Waals surface area contributed by atoms with E-state index < -0.39 is 0 Å². The molecule has 0 radical (unpaired) electrons. The molecular formula is C23H24N2. The molecule has 1 aliphatic rings. The van der Waals surface area contributed by atoms with Gasteiger partial charge in [0.05, 0.1) is 0 Å². The van der Waals surface area contributed by atoms with Gasteiger partial charge in [0, 0.05) is 37.7 Å². The molecule has 1 aliphatic carbocycles. The standard InChI is InChI=1S/C23H24N2/c1-4-25(19-8-6-5-7-9-19)21-11-10-17-14-18-15-20(24(2)3)12-13-22(18)23(17)16-21/h5-13,15-16H,4,14H2,1-3H3. The predicted molar refractivity (Wildman–Crippen MR) is 108 cm³/mol. The largest absolute Gasteiger partial charge is 0.378 e. The molecule has 0 spiro atoms. The number of hydrogen-bond acceptors (Lipinski definition) is 2. The van der Waals surface area contributed by atoms with Crippen molar-refractivity contribution < 1.29 is 0 Å². The first-order valence-electron chi connectivity index (χ1n) is 8.93. The molecule has 0 unspecified atom stereocenters. The second-order valence-electron chi connectivity index (χ2n) is 6.83. The van der Waals surface area contributed by atoms with E-state index in [-0.39, 0.29) is 0 Å². The van der Waals surface area contributed by atoms with Crippen LogP contribution in [0, 0.1) is 0 Å². The van der Waals surface area contributed by atoms with Gasteiger partial charge in [-0.15, -0.1) is 0 Å². The van der Waals surface area contributed by atoms with Crippen molar-refractivity contribution in [3.05, 3.63) is 77.9 Å². The predicted octanol–water partition coefficient (Wildman–Crippen LogP) is 5.48. The van der Waals surface area contributed by atoms with Gasteiger partial charge in [0.2, 0.25) is 0 Å². The summed E-state index contributed by atoms with van der Waals surface area (Å²) in [6.07, 6.45) is 1.03. The molecule has 0 N–H and O–H groups in total. The summed E-state index contributed by atoms with van der Waals surface area (Å²) < 4.78 is 0. The van der Waals surface area contributed by atoms with Crippen LogP contribution in [0.3, 0.4) is 0 Å². The normalized spacial score (nSPS) is 11.8. The molecule has 2 nitrogen and oxygen atoms in total. The van der Waals surface area contributed by atoms with Crippen molar-refractivity contribution in [2.75, 3.05) is 30.4 Å². The third-order valence-electron chi connectivity index (χ3n) is 5.07. The first kappa shape index (κ1) is 15.8. The highest BCUT2D eigenvalue weighted by atomic mass is 15.1. The van der Waals surface area contributed by atoms with Crippen LogP contribution in [0.1, 0.15) is 18.1 Å². The van der Waals surface area contributed by atoms with Gasteiger partial charge in [-0.3, -0.25) is 0 Å². The molecule has 0 heterocycles. The van der Waals surface area contributed by atoms with Crippen LogP contribution in [0.2, 0.25) is 0 Å². The fourth-order valence-corrected chi connectivity index (χ4v) is 3.73. The third kappa shape index (κ3) is 2.78. The zero-order chi connectivity index (χ0) is 17.4. The molecule has 3 aromatic carbocycles. The smallest absolute Gasteiger partial charge is 0.0417 e. The lowest BCUT2D eigenvalue weighted by molar-refractivity contribution is 1.02. The van der Waals surface area contributed by atoms with Gasteiger partial charge in [0.1, 0.15) is 0 Å². The summed E-state index contributed by atoms with van der Waals surface area (Å²) in [4.78, 5) is 4.54. The number of benzene rings is 3. The lowest BCUT2D eigenvalue weighted by atomic mass is 10.0. The van der Waals surface area contributed by atoms with Crippen LogP contribution in [0.25, 0.3) is 11.1 Å². The molecule has 0 saturated heterocycles. The van der Waals surface area contributed by atoms with Gasteiger partial charge >= 0.3 is 0 Å². The molecule has 0 amide bonds. The Morgan fingerprint density at radius 1 is 0.720 bits per heavy atom. The fraction of sp³-hybridized carbons (Fsp3) is 0.217. The van der Waals surface area contributed by atoms with E-state index >= 15 is 0 Å². The second kappa shape index (κ2) is 6.29. The Morgan fingerprint density at radius 3 is 2.20 bits per heavy atom. The number of hydrogen-bond donors (Lipinski definition) is 0. The summed E-state index contributed by atoms with van der Waals surface area (Å²) in [5.74, 6) is 0. The monoisotopic (exact) mass is 328 g/mol. The van der Waals surface area contributed by atoms with Gasteiger partial charge in [0.25, 0.3) is 0 Å². The minimum atomic E-state index is 0.954. The van der Waals surface area contributed by atoms with Crippen molar-refractivity contribution in [1.29, 1.82) is 0 Å². The summed E-state index contributed by atoms with van der Waals surface area (Å²) in [6, 6.07) is 24.3. The van der Waals surface area contributed by atoms with Crippen molar-refractivity contribution in [3.63, 3.8) is 0 Å². The molecule has 0 aliphatic heterocycles. The fourth-order valence-electron chi connectivity index (χ4n) is 3.73.